The lowest BCUT2D eigenvalue weighted by atomic mass is 10.1. The lowest BCUT2D eigenvalue weighted by Crippen LogP contribution is -2.30. The van der Waals surface area contributed by atoms with Crippen molar-refractivity contribution in [2.45, 2.75) is 38.0 Å². The summed E-state index contributed by atoms with van der Waals surface area (Å²) in [4.78, 5) is 14.1. The minimum atomic E-state index is -0.233. The molecule has 1 atom stereocenters. The number of halogens is 1. The smallest absolute Gasteiger partial charge is 0.223 e. The Kier molecular flexibility index (Phi) is 5.25. The van der Waals surface area contributed by atoms with Crippen LogP contribution in [0.1, 0.15) is 43.5 Å². The lowest BCUT2D eigenvalue weighted by molar-refractivity contribution is -0.131. The molecule has 1 fully saturated rings. The Balaban J connectivity index is 2.02. The second-order valence-corrected chi connectivity index (χ2v) is 6.01. The zero-order valence-electron chi connectivity index (χ0n) is 11.3. The van der Waals surface area contributed by atoms with Gasteiger partial charge >= 0.3 is 0 Å². The molecule has 1 aliphatic heterocycles. The Morgan fingerprint density at radius 2 is 2.32 bits per heavy atom. The minimum absolute atomic E-state index is 0.00942. The van der Waals surface area contributed by atoms with E-state index in [1.165, 1.54) is 12.1 Å². The van der Waals surface area contributed by atoms with Crippen molar-refractivity contribution >= 4 is 17.7 Å². The van der Waals surface area contributed by atoms with Crippen LogP contribution in [0, 0.1) is 5.82 Å². The quantitative estimate of drug-likeness (QED) is 0.761. The molecular formula is C15H20FNOS. The third-order valence-electron chi connectivity index (χ3n) is 3.34. The first-order valence-corrected chi connectivity index (χ1v) is 7.93. The van der Waals surface area contributed by atoms with E-state index in [2.05, 4.69) is 6.92 Å². The minimum Gasteiger partial charge on any atom is -0.326 e. The van der Waals surface area contributed by atoms with Crippen molar-refractivity contribution in [3.05, 3.63) is 35.6 Å². The number of carbonyl (C=O) groups is 1. The van der Waals surface area contributed by atoms with Crippen LogP contribution >= 0.6 is 11.8 Å². The first-order valence-electron chi connectivity index (χ1n) is 6.89. The zero-order valence-corrected chi connectivity index (χ0v) is 12.1. The van der Waals surface area contributed by atoms with E-state index in [1.807, 2.05) is 11.0 Å². The van der Waals surface area contributed by atoms with Crippen LogP contribution in [0.4, 0.5) is 4.39 Å². The average Bonchev–Trinajstić information content (AvgIpc) is 2.88. The number of benzene rings is 1. The van der Waals surface area contributed by atoms with Gasteiger partial charge in [0.1, 0.15) is 11.2 Å². The SMILES string of the molecule is CCCCCC(=O)N1CCSC1c1cccc(F)c1. The number of thioether (sulfide) groups is 1. The molecule has 2 nitrogen and oxygen atoms in total. The second kappa shape index (κ2) is 6.94. The summed E-state index contributed by atoms with van der Waals surface area (Å²) in [5.74, 6) is 0.900. The fraction of sp³-hybridized carbons (Fsp3) is 0.533. The van der Waals surface area contributed by atoms with Gasteiger partial charge in [0.25, 0.3) is 0 Å². The highest BCUT2D eigenvalue weighted by Gasteiger charge is 2.30. The van der Waals surface area contributed by atoms with Crippen LogP contribution in [0.25, 0.3) is 0 Å². The van der Waals surface area contributed by atoms with Crippen LogP contribution in [0.3, 0.4) is 0 Å². The van der Waals surface area contributed by atoms with E-state index in [-0.39, 0.29) is 17.1 Å². The van der Waals surface area contributed by atoms with Gasteiger partial charge in [-0.15, -0.1) is 11.8 Å². The van der Waals surface area contributed by atoms with Gasteiger partial charge in [0.15, 0.2) is 0 Å². The Morgan fingerprint density at radius 1 is 1.47 bits per heavy atom. The molecule has 1 aromatic rings. The van der Waals surface area contributed by atoms with E-state index < -0.39 is 0 Å². The molecule has 0 saturated carbocycles. The second-order valence-electron chi connectivity index (χ2n) is 4.82. The van der Waals surface area contributed by atoms with Gasteiger partial charge in [0, 0.05) is 18.7 Å². The van der Waals surface area contributed by atoms with E-state index >= 15 is 0 Å². The molecular weight excluding hydrogens is 261 g/mol. The molecule has 1 aromatic carbocycles. The molecule has 0 aliphatic carbocycles. The van der Waals surface area contributed by atoms with E-state index in [9.17, 15) is 9.18 Å². The summed E-state index contributed by atoms with van der Waals surface area (Å²) in [7, 11) is 0. The predicted octanol–water partition coefficient (Wildman–Crippen LogP) is 3.98. The van der Waals surface area contributed by atoms with Gasteiger partial charge in [-0.3, -0.25) is 4.79 Å². The van der Waals surface area contributed by atoms with Crippen LogP contribution in [0.2, 0.25) is 0 Å². The maximum atomic E-state index is 13.3. The maximum Gasteiger partial charge on any atom is 0.223 e. The van der Waals surface area contributed by atoms with Crippen molar-refractivity contribution in [2.75, 3.05) is 12.3 Å². The molecule has 1 heterocycles. The maximum absolute atomic E-state index is 13.3. The molecule has 1 saturated heterocycles. The molecule has 0 spiro atoms. The number of unbranched alkanes of at least 4 members (excludes halogenated alkanes) is 2. The fourth-order valence-electron chi connectivity index (χ4n) is 2.33. The van der Waals surface area contributed by atoms with Crippen LogP contribution < -0.4 is 0 Å². The molecule has 2 rings (SSSR count). The Labute approximate surface area is 118 Å². The summed E-state index contributed by atoms with van der Waals surface area (Å²) in [6.45, 7) is 2.91. The third kappa shape index (κ3) is 3.72. The average molecular weight is 281 g/mol. The van der Waals surface area contributed by atoms with Gasteiger partial charge in [-0.2, -0.15) is 0 Å². The zero-order chi connectivity index (χ0) is 13.7. The highest BCUT2D eigenvalue weighted by atomic mass is 32.2. The van der Waals surface area contributed by atoms with Crippen molar-refractivity contribution in [3.63, 3.8) is 0 Å². The van der Waals surface area contributed by atoms with Crippen LogP contribution in [0.15, 0.2) is 24.3 Å². The number of amides is 1. The summed E-state index contributed by atoms with van der Waals surface area (Å²) in [5, 5.41) is -0.00942. The van der Waals surface area contributed by atoms with Gasteiger partial charge in [0.2, 0.25) is 5.91 Å². The van der Waals surface area contributed by atoms with Crippen molar-refractivity contribution in [1.29, 1.82) is 0 Å². The van der Waals surface area contributed by atoms with Gasteiger partial charge in [-0.25, -0.2) is 4.39 Å². The van der Waals surface area contributed by atoms with Gasteiger partial charge in [-0.05, 0) is 24.1 Å². The van der Waals surface area contributed by atoms with Gasteiger partial charge < -0.3 is 4.90 Å². The van der Waals surface area contributed by atoms with E-state index in [4.69, 9.17) is 0 Å². The molecule has 1 unspecified atom stereocenters. The number of hydrogen-bond acceptors (Lipinski definition) is 2. The number of carbonyl (C=O) groups excluding carboxylic acids is 1. The van der Waals surface area contributed by atoms with Crippen LogP contribution in [-0.2, 0) is 4.79 Å². The van der Waals surface area contributed by atoms with E-state index in [1.54, 1.807) is 17.8 Å². The van der Waals surface area contributed by atoms with Crippen LogP contribution in [-0.4, -0.2) is 23.1 Å². The number of rotatable bonds is 5. The monoisotopic (exact) mass is 281 g/mol. The first kappa shape index (κ1) is 14.4. The Bertz CT molecular complexity index is 438. The Morgan fingerprint density at radius 3 is 3.05 bits per heavy atom. The van der Waals surface area contributed by atoms with Crippen molar-refractivity contribution in [1.82, 2.24) is 4.90 Å². The topological polar surface area (TPSA) is 20.3 Å². The van der Waals surface area contributed by atoms with Crippen LogP contribution in [0.5, 0.6) is 0 Å². The highest BCUT2D eigenvalue weighted by molar-refractivity contribution is 7.99. The van der Waals surface area contributed by atoms with Gasteiger partial charge in [0.05, 0.1) is 0 Å². The summed E-state index contributed by atoms with van der Waals surface area (Å²) in [6, 6.07) is 6.59. The third-order valence-corrected chi connectivity index (χ3v) is 4.60. The molecule has 4 heteroatoms. The largest absolute Gasteiger partial charge is 0.326 e. The lowest BCUT2D eigenvalue weighted by Gasteiger charge is -2.24. The Hall–Kier alpha value is -1.03. The number of nitrogens with zero attached hydrogens (tertiary/aromatic N) is 1. The molecule has 0 N–H and O–H groups in total. The first-order chi connectivity index (χ1) is 9.22. The summed E-state index contributed by atoms with van der Waals surface area (Å²) in [5.41, 5.74) is 0.895. The van der Waals surface area contributed by atoms with Crippen molar-refractivity contribution in [2.24, 2.45) is 0 Å². The summed E-state index contributed by atoms with van der Waals surface area (Å²) >= 11 is 1.72. The number of hydrogen-bond donors (Lipinski definition) is 0. The normalized spacial score (nSPS) is 18.8. The summed E-state index contributed by atoms with van der Waals surface area (Å²) < 4.78 is 13.3. The molecule has 19 heavy (non-hydrogen) atoms. The predicted molar refractivity (Wildman–Crippen MR) is 77.5 cm³/mol. The molecule has 0 aromatic heterocycles. The standard InChI is InChI=1S/C15H20FNOS/c1-2-3-4-8-14(18)17-9-10-19-15(17)12-6-5-7-13(16)11-12/h5-7,11,15H,2-4,8-10H2,1H3. The van der Waals surface area contributed by atoms with Gasteiger partial charge in [-0.1, -0.05) is 31.9 Å². The fourth-order valence-corrected chi connectivity index (χ4v) is 3.60. The molecule has 1 aliphatic rings. The van der Waals surface area contributed by atoms with Crippen molar-refractivity contribution in [3.8, 4) is 0 Å². The molecule has 0 radical (unpaired) electrons. The molecule has 0 bridgehead atoms. The molecule has 1 amide bonds. The van der Waals surface area contributed by atoms with Crippen molar-refractivity contribution < 1.29 is 9.18 Å². The van der Waals surface area contributed by atoms with E-state index in [0.29, 0.717) is 6.42 Å². The highest BCUT2D eigenvalue weighted by Crippen LogP contribution is 2.38. The molecule has 104 valence electrons. The van der Waals surface area contributed by atoms with E-state index in [0.717, 1.165) is 37.1 Å². The summed E-state index contributed by atoms with van der Waals surface area (Å²) in [6.07, 6.45) is 3.78.